The van der Waals surface area contributed by atoms with Crippen molar-refractivity contribution in [3.05, 3.63) is 36.0 Å². The molecule has 11 nitrogen and oxygen atoms in total. The Kier molecular flexibility index (Phi) is 10.9. The van der Waals surface area contributed by atoms with Crippen LogP contribution in [-0.4, -0.2) is 75.9 Å². The number of aromatic amines is 1. The first-order chi connectivity index (χ1) is 18.7. The highest BCUT2D eigenvalue weighted by Crippen LogP contribution is 2.23. The molecule has 39 heavy (non-hydrogen) atoms. The highest BCUT2D eigenvalue weighted by molar-refractivity contribution is 5.95. The number of amides is 3. The van der Waals surface area contributed by atoms with Gasteiger partial charge < -0.3 is 37.1 Å². The van der Waals surface area contributed by atoms with Gasteiger partial charge in [-0.25, -0.2) is 4.79 Å². The van der Waals surface area contributed by atoms with Crippen molar-refractivity contribution in [1.82, 2.24) is 20.5 Å². The third-order valence-electron chi connectivity index (χ3n) is 7.63. The van der Waals surface area contributed by atoms with E-state index in [2.05, 4.69) is 15.6 Å². The fraction of sp³-hybridized carbons (Fsp3) is 0.571. The summed E-state index contributed by atoms with van der Waals surface area (Å²) >= 11 is 0. The zero-order valence-corrected chi connectivity index (χ0v) is 22.8. The van der Waals surface area contributed by atoms with Gasteiger partial charge in [-0.15, -0.1) is 0 Å². The molecule has 5 atom stereocenters. The molecule has 0 aliphatic carbocycles. The van der Waals surface area contributed by atoms with Crippen molar-refractivity contribution < 1.29 is 24.3 Å². The third kappa shape index (κ3) is 7.57. The summed E-state index contributed by atoms with van der Waals surface area (Å²) in [5.74, 6) is -2.68. The van der Waals surface area contributed by atoms with Crippen LogP contribution in [0.2, 0.25) is 0 Å². The van der Waals surface area contributed by atoms with Crippen molar-refractivity contribution in [1.29, 1.82) is 0 Å². The number of nitrogens with one attached hydrogen (secondary N) is 3. The van der Waals surface area contributed by atoms with Gasteiger partial charge in [0.05, 0.1) is 6.04 Å². The Bertz CT molecular complexity index is 1150. The maximum absolute atomic E-state index is 13.7. The summed E-state index contributed by atoms with van der Waals surface area (Å²) in [4.78, 5) is 56.5. The first-order valence-corrected chi connectivity index (χ1v) is 13.8. The highest BCUT2D eigenvalue weighted by atomic mass is 16.4. The van der Waals surface area contributed by atoms with Gasteiger partial charge in [-0.1, -0.05) is 44.9 Å². The second-order valence-electron chi connectivity index (χ2n) is 10.4. The van der Waals surface area contributed by atoms with E-state index in [1.807, 2.05) is 38.1 Å². The molecule has 1 aliphatic heterocycles. The monoisotopic (exact) mass is 542 g/mol. The first kappa shape index (κ1) is 30.1. The van der Waals surface area contributed by atoms with Gasteiger partial charge in [0, 0.05) is 30.1 Å². The lowest BCUT2D eigenvalue weighted by atomic mass is 9.96. The first-order valence-electron chi connectivity index (χ1n) is 13.8. The predicted molar refractivity (Wildman–Crippen MR) is 149 cm³/mol. The number of carboxylic acid groups (broad SMARTS) is 1. The minimum Gasteiger partial charge on any atom is -0.480 e. The molecule has 1 saturated heterocycles. The molecule has 1 fully saturated rings. The Morgan fingerprint density at radius 1 is 1.15 bits per heavy atom. The van der Waals surface area contributed by atoms with E-state index in [0.717, 1.165) is 22.9 Å². The molecular formula is C28H42N6O5. The van der Waals surface area contributed by atoms with Gasteiger partial charge in [0.15, 0.2) is 0 Å². The van der Waals surface area contributed by atoms with E-state index in [0.29, 0.717) is 45.2 Å². The number of hydrogen-bond acceptors (Lipinski definition) is 6. The number of aliphatic carboxylic acids is 1. The number of nitrogens with two attached hydrogens (primary N) is 2. The minimum absolute atomic E-state index is 0.164. The summed E-state index contributed by atoms with van der Waals surface area (Å²) in [7, 11) is 0. The van der Waals surface area contributed by atoms with Crippen LogP contribution < -0.4 is 22.1 Å². The molecule has 0 saturated carbocycles. The number of carboxylic acids is 1. The van der Waals surface area contributed by atoms with Crippen LogP contribution in [0.1, 0.15) is 57.9 Å². The van der Waals surface area contributed by atoms with E-state index in [4.69, 9.17) is 11.5 Å². The van der Waals surface area contributed by atoms with Crippen LogP contribution in [0.15, 0.2) is 30.5 Å². The zero-order valence-electron chi connectivity index (χ0n) is 22.8. The molecule has 3 rings (SSSR count). The number of carbonyl (C=O) groups is 4. The summed E-state index contributed by atoms with van der Waals surface area (Å²) in [5.41, 5.74) is 13.3. The second kappa shape index (κ2) is 14.1. The van der Waals surface area contributed by atoms with E-state index in [1.165, 1.54) is 4.90 Å². The number of rotatable bonds is 14. The SMILES string of the molecule is CCC(C)C(NC(=O)C(N)CCCCN)C(=O)NC(Cc1c[nH]c2ccccc12)C(=O)N1CCCC1C(=O)O. The molecule has 0 radical (unpaired) electrons. The fourth-order valence-corrected chi connectivity index (χ4v) is 5.07. The van der Waals surface area contributed by atoms with Crippen LogP contribution in [0.5, 0.6) is 0 Å². The molecular weight excluding hydrogens is 500 g/mol. The van der Waals surface area contributed by atoms with Crippen molar-refractivity contribution in [3.63, 3.8) is 0 Å². The molecule has 2 heterocycles. The Hall–Kier alpha value is -3.44. The molecule has 5 unspecified atom stereocenters. The number of fused-ring (bicyclic) bond motifs is 1. The van der Waals surface area contributed by atoms with E-state index in [9.17, 15) is 24.3 Å². The molecule has 11 heteroatoms. The third-order valence-corrected chi connectivity index (χ3v) is 7.63. The lowest BCUT2D eigenvalue weighted by Crippen LogP contribution is -2.59. The number of likely N-dealkylation sites (tertiary alicyclic amines) is 1. The molecule has 1 aliphatic rings. The lowest BCUT2D eigenvalue weighted by molar-refractivity contribution is -0.149. The van der Waals surface area contributed by atoms with Crippen molar-refractivity contribution in [2.45, 2.75) is 83.0 Å². The van der Waals surface area contributed by atoms with Gasteiger partial charge in [-0.05, 0) is 49.8 Å². The van der Waals surface area contributed by atoms with Crippen molar-refractivity contribution in [2.75, 3.05) is 13.1 Å². The smallest absolute Gasteiger partial charge is 0.326 e. The maximum atomic E-state index is 13.7. The minimum atomic E-state index is -1.06. The van der Waals surface area contributed by atoms with Gasteiger partial charge in [-0.3, -0.25) is 14.4 Å². The Morgan fingerprint density at radius 3 is 2.59 bits per heavy atom. The topological polar surface area (TPSA) is 184 Å². The van der Waals surface area contributed by atoms with Gasteiger partial charge in [-0.2, -0.15) is 0 Å². The molecule has 2 aromatic rings. The number of para-hydroxylation sites is 1. The number of aromatic nitrogens is 1. The average Bonchev–Trinajstić information content (AvgIpc) is 3.58. The van der Waals surface area contributed by atoms with E-state index < -0.39 is 47.9 Å². The van der Waals surface area contributed by atoms with E-state index >= 15 is 0 Å². The largest absolute Gasteiger partial charge is 0.480 e. The van der Waals surface area contributed by atoms with Crippen LogP contribution in [0.3, 0.4) is 0 Å². The normalized spacial score (nSPS) is 18.4. The fourth-order valence-electron chi connectivity index (χ4n) is 5.07. The van der Waals surface area contributed by atoms with Crippen molar-refractivity contribution in [2.24, 2.45) is 17.4 Å². The molecule has 0 spiro atoms. The number of H-pyrrole nitrogens is 1. The molecule has 0 bridgehead atoms. The molecule has 214 valence electrons. The predicted octanol–water partition coefficient (Wildman–Crippen LogP) is 1.26. The number of carbonyl (C=O) groups excluding carboxylic acids is 3. The molecule has 1 aromatic carbocycles. The Balaban J connectivity index is 1.84. The maximum Gasteiger partial charge on any atom is 0.326 e. The summed E-state index contributed by atoms with van der Waals surface area (Å²) < 4.78 is 0. The van der Waals surface area contributed by atoms with E-state index in [1.54, 1.807) is 6.20 Å². The summed E-state index contributed by atoms with van der Waals surface area (Å²) in [6, 6.07) is 4.00. The standard InChI is InChI=1S/C28H42N6O5/c1-3-17(2)24(33-25(35)20(30)10-6-7-13-29)26(36)32-22(27(37)34-14-8-12-23(34)28(38)39)15-18-16-31-21-11-5-4-9-19(18)21/h4-5,9,11,16-17,20,22-24,31H,3,6-8,10,12-15,29-30H2,1-2H3,(H,32,36)(H,33,35)(H,38,39). The number of nitrogens with zero attached hydrogens (tertiary/aromatic N) is 1. The van der Waals surface area contributed by atoms with Gasteiger partial charge >= 0.3 is 5.97 Å². The number of unbranched alkanes of at least 4 members (excludes halogenated alkanes) is 1. The highest BCUT2D eigenvalue weighted by Gasteiger charge is 2.39. The number of hydrogen-bond donors (Lipinski definition) is 6. The van der Waals surface area contributed by atoms with Crippen LogP contribution in [0, 0.1) is 5.92 Å². The Morgan fingerprint density at radius 2 is 1.90 bits per heavy atom. The summed E-state index contributed by atoms with van der Waals surface area (Å²) in [6.45, 7) is 4.58. The molecule has 3 amide bonds. The summed E-state index contributed by atoms with van der Waals surface area (Å²) in [6.07, 6.45) is 5.41. The van der Waals surface area contributed by atoms with Crippen molar-refractivity contribution in [3.8, 4) is 0 Å². The van der Waals surface area contributed by atoms with Gasteiger partial charge in [0.2, 0.25) is 17.7 Å². The van der Waals surface area contributed by atoms with Crippen LogP contribution in [0.4, 0.5) is 0 Å². The second-order valence-corrected chi connectivity index (χ2v) is 10.4. The van der Waals surface area contributed by atoms with Crippen LogP contribution >= 0.6 is 0 Å². The van der Waals surface area contributed by atoms with Crippen LogP contribution in [0.25, 0.3) is 10.9 Å². The molecule has 1 aromatic heterocycles. The zero-order chi connectivity index (χ0) is 28.5. The Labute approximate surface area is 229 Å². The van der Waals surface area contributed by atoms with E-state index in [-0.39, 0.29) is 12.3 Å². The summed E-state index contributed by atoms with van der Waals surface area (Å²) in [5, 5.41) is 16.2. The molecule has 8 N–H and O–H groups in total. The quantitative estimate of drug-likeness (QED) is 0.194. The van der Waals surface area contributed by atoms with Crippen LogP contribution in [-0.2, 0) is 25.6 Å². The van der Waals surface area contributed by atoms with Gasteiger partial charge in [0.25, 0.3) is 0 Å². The lowest BCUT2D eigenvalue weighted by Gasteiger charge is -2.30. The number of benzene rings is 1. The van der Waals surface area contributed by atoms with Crippen molar-refractivity contribution >= 4 is 34.6 Å². The van der Waals surface area contributed by atoms with Gasteiger partial charge in [0.1, 0.15) is 18.1 Å². The average molecular weight is 543 g/mol.